The van der Waals surface area contributed by atoms with E-state index in [0.29, 0.717) is 19.1 Å². The summed E-state index contributed by atoms with van der Waals surface area (Å²) < 4.78 is 11.9. The molecule has 0 amide bonds. The van der Waals surface area contributed by atoms with Crippen LogP contribution < -0.4 is 14.8 Å². The molecule has 0 aliphatic heterocycles. The Kier molecular flexibility index (Phi) is 7.09. The van der Waals surface area contributed by atoms with Gasteiger partial charge in [0.25, 0.3) is 0 Å². The highest BCUT2D eigenvalue weighted by Gasteiger charge is 2.21. The summed E-state index contributed by atoms with van der Waals surface area (Å²) in [6.45, 7) is 15.2. The minimum atomic E-state index is -0.0410. The van der Waals surface area contributed by atoms with Gasteiger partial charge < -0.3 is 19.8 Å². The normalized spacial score (nSPS) is 12.0. The third-order valence-corrected chi connectivity index (χ3v) is 5.28. The number of H-pyrrole nitrogens is 1. The molecular formula is C26H36N2O2. The second-order valence-corrected chi connectivity index (χ2v) is 9.27. The van der Waals surface area contributed by atoms with Crippen LogP contribution >= 0.6 is 0 Å². The molecule has 0 saturated carbocycles. The number of nitrogens with one attached hydrogen (secondary N) is 2. The molecule has 30 heavy (non-hydrogen) atoms. The lowest BCUT2D eigenvalue weighted by Crippen LogP contribution is -2.43. The molecule has 4 nitrogen and oxygen atoms in total. The monoisotopic (exact) mass is 408 g/mol. The van der Waals surface area contributed by atoms with Crippen LogP contribution in [0.3, 0.4) is 0 Å². The Balaban J connectivity index is 1.57. The number of rotatable bonds is 10. The molecule has 1 heterocycles. The number of benzene rings is 2. The zero-order chi connectivity index (χ0) is 21.7. The molecule has 3 aromatic rings. The Morgan fingerprint density at radius 1 is 1.00 bits per heavy atom. The van der Waals surface area contributed by atoms with E-state index in [0.717, 1.165) is 24.5 Å². The van der Waals surface area contributed by atoms with Crippen molar-refractivity contribution in [3.05, 3.63) is 59.3 Å². The van der Waals surface area contributed by atoms with Gasteiger partial charge in [-0.3, -0.25) is 0 Å². The van der Waals surface area contributed by atoms with Crippen molar-refractivity contribution in [2.45, 2.75) is 53.5 Å². The van der Waals surface area contributed by atoms with Crippen LogP contribution in [-0.4, -0.2) is 30.3 Å². The zero-order valence-electron chi connectivity index (χ0n) is 19.3. The summed E-state index contributed by atoms with van der Waals surface area (Å²) in [6, 6.07) is 14.5. The highest BCUT2D eigenvalue weighted by Crippen LogP contribution is 2.28. The number of aromatic nitrogens is 1. The number of fused-ring (bicyclic) bond motifs is 1. The Morgan fingerprint density at radius 3 is 2.40 bits per heavy atom. The van der Waals surface area contributed by atoms with E-state index in [1.165, 1.54) is 27.7 Å². The zero-order valence-corrected chi connectivity index (χ0v) is 19.3. The SMILES string of the molecule is Cc1ccc2[nH]c(C)c(CC(C)(C)NCCOc3ccccc3OCC(C)C)c2c1. The van der Waals surface area contributed by atoms with Crippen molar-refractivity contribution in [2.75, 3.05) is 19.8 Å². The first-order chi connectivity index (χ1) is 14.2. The summed E-state index contributed by atoms with van der Waals surface area (Å²) in [5.74, 6) is 2.10. The van der Waals surface area contributed by atoms with Gasteiger partial charge in [0.2, 0.25) is 0 Å². The van der Waals surface area contributed by atoms with Crippen LogP contribution in [0.25, 0.3) is 10.9 Å². The smallest absolute Gasteiger partial charge is 0.161 e. The average molecular weight is 409 g/mol. The lowest BCUT2D eigenvalue weighted by atomic mass is 9.92. The summed E-state index contributed by atoms with van der Waals surface area (Å²) in [4.78, 5) is 3.53. The Hall–Kier alpha value is -2.46. The van der Waals surface area contributed by atoms with Gasteiger partial charge in [-0.25, -0.2) is 0 Å². The Labute approximate surface area is 181 Å². The lowest BCUT2D eigenvalue weighted by Gasteiger charge is -2.27. The fourth-order valence-corrected chi connectivity index (χ4v) is 3.72. The fraction of sp³-hybridized carbons (Fsp3) is 0.462. The van der Waals surface area contributed by atoms with Crippen molar-refractivity contribution in [1.29, 1.82) is 0 Å². The van der Waals surface area contributed by atoms with Gasteiger partial charge in [-0.05, 0) is 69.9 Å². The largest absolute Gasteiger partial charge is 0.489 e. The second-order valence-electron chi connectivity index (χ2n) is 9.27. The van der Waals surface area contributed by atoms with Crippen LogP contribution in [0.5, 0.6) is 11.5 Å². The van der Waals surface area contributed by atoms with Gasteiger partial charge in [0.05, 0.1) is 6.61 Å². The topological polar surface area (TPSA) is 46.3 Å². The number of ether oxygens (including phenoxy) is 2. The first kappa shape index (κ1) is 22.2. The molecule has 0 aliphatic rings. The summed E-state index contributed by atoms with van der Waals surface area (Å²) in [7, 11) is 0. The lowest BCUT2D eigenvalue weighted by molar-refractivity contribution is 0.238. The van der Waals surface area contributed by atoms with Crippen LogP contribution in [0.15, 0.2) is 42.5 Å². The summed E-state index contributed by atoms with van der Waals surface area (Å²) in [5.41, 5.74) is 5.10. The van der Waals surface area contributed by atoms with E-state index in [1.807, 2.05) is 24.3 Å². The van der Waals surface area contributed by atoms with Gasteiger partial charge in [-0.2, -0.15) is 0 Å². The van der Waals surface area contributed by atoms with Gasteiger partial charge in [-0.15, -0.1) is 0 Å². The summed E-state index contributed by atoms with van der Waals surface area (Å²) in [5, 5.41) is 4.99. The van der Waals surface area contributed by atoms with Gasteiger partial charge in [0, 0.05) is 28.7 Å². The Morgan fingerprint density at radius 2 is 1.70 bits per heavy atom. The van der Waals surface area contributed by atoms with E-state index in [4.69, 9.17) is 9.47 Å². The minimum absolute atomic E-state index is 0.0410. The maximum atomic E-state index is 6.02. The average Bonchev–Trinajstić information content (AvgIpc) is 2.98. The molecule has 2 N–H and O–H groups in total. The van der Waals surface area contributed by atoms with Crippen LogP contribution in [0.2, 0.25) is 0 Å². The van der Waals surface area contributed by atoms with Crippen LogP contribution in [0.1, 0.15) is 44.5 Å². The van der Waals surface area contributed by atoms with E-state index < -0.39 is 0 Å². The maximum absolute atomic E-state index is 6.02. The second kappa shape index (κ2) is 9.57. The van der Waals surface area contributed by atoms with Crippen LogP contribution in [-0.2, 0) is 6.42 Å². The molecular weight excluding hydrogens is 372 g/mol. The third kappa shape index (κ3) is 5.79. The standard InChI is InChI=1S/C26H36N2O2/c1-18(2)17-30-25-10-8-7-9-24(25)29-14-13-27-26(5,6)16-22-20(4)28-23-12-11-19(3)15-21(22)23/h7-12,15,18,27-28H,13-14,16-17H2,1-6H3. The summed E-state index contributed by atoms with van der Waals surface area (Å²) >= 11 is 0. The van der Waals surface area contributed by atoms with Gasteiger partial charge in [0.15, 0.2) is 11.5 Å². The molecule has 0 spiro atoms. The van der Waals surface area contributed by atoms with Crippen molar-refractivity contribution >= 4 is 10.9 Å². The van der Waals surface area contributed by atoms with Crippen molar-refractivity contribution < 1.29 is 9.47 Å². The minimum Gasteiger partial charge on any atom is -0.489 e. The van der Waals surface area contributed by atoms with Gasteiger partial charge >= 0.3 is 0 Å². The van der Waals surface area contributed by atoms with E-state index in [1.54, 1.807) is 0 Å². The number of aryl methyl sites for hydroxylation is 2. The van der Waals surface area contributed by atoms with Gasteiger partial charge in [0.1, 0.15) is 6.61 Å². The molecule has 0 atom stereocenters. The molecule has 3 rings (SSSR count). The third-order valence-electron chi connectivity index (χ3n) is 5.28. The summed E-state index contributed by atoms with van der Waals surface area (Å²) in [6.07, 6.45) is 0.955. The van der Waals surface area contributed by atoms with E-state index >= 15 is 0 Å². The molecule has 0 fully saturated rings. The number of aromatic amines is 1. The van der Waals surface area contributed by atoms with Crippen LogP contribution in [0, 0.1) is 19.8 Å². The molecule has 0 aliphatic carbocycles. The first-order valence-corrected chi connectivity index (χ1v) is 10.9. The van der Waals surface area contributed by atoms with Gasteiger partial charge in [-0.1, -0.05) is 37.6 Å². The van der Waals surface area contributed by atoms with Crippen molar-refractivity contribution in [3.63, 3.8) is 0 Å². The van der Waals surface area contributed by atoms with Crippen molar-refractivity contribution in [2.24, 2.45) is 5.92 Å². The molecule has 0 saturated heterocycles. The van der Waals surface area contributed by atoms with E-state index in [-0.39, 0.29) is 5.54 Å². The quantitative estimate of drug-likeness (QED) is 0.416. The molecule has 2 aromatic carbocycles. The van der Waals surface area contributed by atoms with Crippen LogP contribution in [0.4, 0.5) is 0 Å². The van der Waals surface area contributed by atoms with Crippen molar-refractivity contribution in [3.8, 4) is 11.5 Å². The number of hydrogen-bond donors (Lipinski definition) is 2. The highest BCUT2D eigenvalue weighted by atomic mass is 16.5. The predicted molar refractivity (Wildman–Crippen MR) is 126 cm³/mol. The maximum Gasteiger partial charge on any atom is 0.161 e. The molecule has 0 unspecified atom stereocenters. The molecule has 1 aromatic heterocycles. The molecule has 0 bridgehead atoms. The molecule has 0 radical (unpaired) electrons. The number of hydrogen-bond acceptors (Lipinski definition) is 3. The first-order valence-electron chi connectivity index (χ1n) is 10.9. The van der Waals surface area contributed by atoms with Crippen molar-refractivity contribution in [1.82, 2.24) is 10.3 Å². The number of para-hydroxylation sites is 2. The Bertz CT molecular complexity index is 972. The van der Waals surface area contributed by atoms with E-state index in [2.05, 4.69) is 70.0 Å². The fourth-order valence-electron chi connectivity index (χ4n) is 3.72. The molecule has 162 valence electrons. The molecule has 4 heteroatoms. The van der Waals surface area contributed by atoms with E-state index in [9.17, 15) is 0 Å². The predicted octanol–water partition coefficient (Wildman–Crippen LogP) is 5.81. The highest BCUT2D eigenvalue weighted by molar-refractivity contribution is 5.85.